The second-order valence-corrected chi connectivity index (χ2v) is 9.05. The van der Waals surface area contributed by atoms with Crippen molar-refractivity contribution in [1.29, 1.82) is 0 Å². The number of halogens is 4. The van der Waals surface area contributed by atoms with Crippen LogP contribution in [-0.2, 0) is 17.5 Å². The lowest BCUT2D eigenvalue weighted by atomic mass is 10.0. The summed E-state index contributed by atoms with van der Waals surface area (Å²) < 4.78 is 48.7. The molecule has 1 aliphatic rings. The van der Waals surface area contributed by atoms with Gasteiger partial charge in [-0.1, -0.05) is 26.0 Å². The van der Waals surface area contributed by atoms with Crippen LogP contribution in [0.4, 0.5) is 18.9 Å². The molecule has 3 aromatic rings. The Morgan fingerprint density at radius 2 is 1.87 bits per heavy atom. The number of fused-ring (bicyclic) bond motifs is 1. The van der Waals surface area contributed by atoms with Crippen LogP contribution in [0.5, 0.6) is 0 Å². The smallest absolute Gasteiger partial charge is 0.378 e. The zero-order valence-electron chi connectivity index (χ0n) is 17.8. The van der Waals surface area contributed by atoms with Crippen molar-refractivity contribution < 1.29 is 17.9 Å². The fraction of sp³-hybridized carbons (Fsp3) is 0.435. The first-order valence-electron chi connectivity index (χ1n) is 10.3. The molecule has 1 aromatic heterocycles. The Hall–Kier alpha value is -2.06. The highest BCUT2D eigenvalue weighted by Crippen LogP contribution is 2.36. The summed E-state index contributed by atoms with van der Waals surface area (Å²) in [6, 6.07) is 8.54. The highest BCUT2D eigenvalue weighted by atomic mass is 79.9. The van der Waals surface area contributed by atoms with E-state index in [4.69, 9.17) is 9.72 Å². The molecular formula is C23H25BrF3N3O. The first-order chi connectivity index (χ1) is 14.7. The van der Waals surface area contributed by atoms with Crippen molar-refractivity contribution in [2.75, 3.05) is 31.2 Å². The van der Waals surface area contributed by atoms with Crippen molar-refractivity contribution in [3.05, 3.63) is 57.3 Å². The van der Waals surface area contributed by atoms with E-state index in [9.17, 15) is 13.2 Å². The summed E-state index contributed by atoms with van der Waals surface area (Å²) in [6.45, 7) is 8.93. The number of alkyl halides is 3. The number of anilines is 1. The summed E-state index contributed by atoms with van der Waals surface area (Å²) in [6.07, 6.45) is -4.37. The molecule has 1 saturated heterocycles. The number of hydrogen-bond donors (Lipinski definition) is 0. The Morgan fingerprint density at radius 3 is 2.52 bits per heavy atom. The van der Waals surface area contributed by atoms with Crippen molar-refractivity contribution in [1.82, 2.24) is 9.55 Å². The van der Waals surface area contributed by atoms with Gasteiger partial charge >= 0.3 is 6.18 Å². The van der Waals surface area contributed by atoms with E-state index in [1.165, 1.54) is 6.07 Å². The highest BCUT2D eigenvalue weighted by Gasteiger charge is 2.33. The zero-order chi connectivity index (χ0) is 22.3. The lowest BCUT2D eigenvalue weighted by molar-refractivity contribution is -0.138. The van der Waals surface area contributed by atoms with Crippen molar-refractivity contribution in [3.8, 4) is 0 Å². The van der Waals surface area contributed by atoms with Crippen LogP contribution in [0.2, 0.25) is 0 Å². The van der Waals surface area contributed by atoms with Gasteiger partial charge < -0.3 is 14.2 Å². The van der Waals surface area contributed by atoms with Gasteiger partial charge in [0.05, 0.1) is 24.3 Å². The molecule has 2 aromatic carbocycles. The molecule has 0 amide bonds. The van der Waals surface area contributed by atoms with E-state index in [0.717, 1.165) is 46.2 Å². The maximum absolute atomic E-state index is 13.4. The molecule has 0 spiro atoms. The van der Waals surface area contributed by atoms with Crippen molar-refractivity contribution in [3.63, 3.8) is 0 Å². The van der Waals surface area contributed by atoms with Crippen LogP contribution in [0.1, 0.15) is 42.3 Å². The van der Waals surface area contributed by atoms with Gasteiger partial charge in [-0.3, -0.25) is 0 Å². The molecule has 0 N–H and O–H groups in total. The van der Waals surface area contributed by atoms with E-state index in [0.29, 0.717) is 25.3 Å². The largest absolute Gasteiger partial charge is 0.416 e. The molecule has 1 aliphatic heterocycles. The van der Waals surface area contributed by atoms with Crippen LogP contribution in [0, 0.1) is 6.92 Å². The molecule has 8 heteroatoms. The van der Waals surface area contributed by atoms with Gasteiger partial charge in [0.1, 0.15) is 11.3 Å². The Kier molecular flexibility index (Phi) is 6.05. The number of benzene rings is 2. The molecule has 31 heavy (non-hydrogen) atoms. The van der Waals surface area contributed by atoms with Gasteiger partial charge in [-0.2, -0.15) is 13.2 Å². The van der Waals surface area contributed by atoms with Gasteiger partial charge in [0, 0.05) is 35.7 Å². The van der Waals surface area contributed by atoms with Gasteiger partial charge in [0.15, 0.2) is 0 Å². The minimum absolute atomic E-state index is 0.122. The van der Waals surface area contributed by atoms with E-state index in [2.05, 4.69) is 37.5 Å². The van der Waals surface area contributed by atoms with Gasteiger partial charge in [-0.15, -0.1) is 0 Å². The lowest BCUT2D eigenvalue weighted by Crippen LogP contribution is -2.36. The van der Waals surface area contributed by atoms with Crippen LogP contribution in [0.25, 0.3) is 11.0 Å². The molecule has 4 nitrogen and oxygen atoms in total. The van der Waals surface area contributed by atoms with E-state index in [1.54, 1.807) is 13.0 Å². The van der Waals surface area contributed by atoms with Crippen LogP contribution in [0.3, 0.4) is 0 Å². The topological polar surface area (TPSA) is 30.3 Å². The number of rotatable bonds is 4. The molecule has 166 valence electrons. The Labute approximate surface area is 188 Å². The molecule has 2 heterocycles. The Bertz CT molecular complexity index is 1100. The van der Waals surface area contributed by atoms with Crippen LogP contribution >= 0.6 is 15.9 Å². The first kappa shape index (κ1) is 22.1. The summed E-state index contributed by atoms with van der Waals surface area (Å²) >= 11 is 3.67. The molecule has 0 radical (unpaired) electrons. The van der Waals surface area contributed by atoms with E-state index >= 15 is 0 Å². The van der Waals surface area contributed by atoms with Gasteiger partial charge in [0.2, 0.25) is 0 Å². The van der Waals surface area contributed by atoms with E-state index in [-0.39, 0.29) is 11.5 Å². The van der Waals surface area contributed by atoms with Gasteiger partial charge in [-0.05, 0) is 52.2 Å². The van der Waals surface area contributed by atoms with Crippen molar-refractivity contribution in [2.45, 2.75) is 39.4 Å². The highest BCUT2D eigenvalue weighted by molar-refractivity contribution is 9.10. The SMILES string of the molecule is Cc1c(Cn2c(C(C)C)nc3c(Br)cc(N4CCOCC4)cc32)cccc1C(F)(F)F. The summed E-state index contributed by atoms with van der Waals surface area (Å²) in [7, 11) is 0. The molecule has 0 aliphatic carbocycles. The lowest BCUT2D eigenvalue weighted by Gasteiger charge is -2.29. The second-order valence-electron chi connectivity index (χ2n) is 8.19. The van der Waals surface area contributed by atoms with Crippen LogP contribution in [0.15, 0.2) is 34.8 Å². The van der Waals surface area contributed by atoms with Crippen molar-refractivity contribution in [2.24, 2.45) is 0 Å². The minimum atomic E-state index is -4.37. The summed E-state index contributed by atoms with van der Waals surface area (Å²) in [5, 5.41) is 0. The third kappa shape index (κ3) is 4.32. The van der Waals surface area contributed by atoms with Crippen LogP contribution < -0.4 is 4.90 Å². The molecule has 0 bridgehead atoms. The number of ether oxygens (including phenoxy) is 1. The average Bonchev–Trinajstić information content (AvgIpc) is 3.08. The maximum atomic E-state index is 13.4. The number of imidazole rings is 1. The maximum Gasteiger partial charge on any atom is 0.416 e. The molecule has 0 unspecified atom stereocenters. The fourth-order valence-electron chi connectivity index (χ4n) is 4.13. The third-order valence-electron chi connectivity index (χ3n) is 5.79. The number of aromatic nitrogens is 2. The van der Waals surface area contributed by atoms with Crippen molar-refractivity contribution >= 4 is 32.7 Å². The molecule has 1 fully saturated rings. The summed E-state index contributed by atoms with van der Waals surface area (Å²) in [4.78, 5) is 7.11. The summed E-state index contributed by atoms with van der Waals surface area (Å²) in [5.41, 5.74) is 3.11. The fourth-order valence-corrected chi connectivity index (χ4v) is 4.65. The quantitative estimate of drug-likeness (QED) is 0.435. The standard InChI is InChI=1S/C23H25BrF3N3O/c1-14(2)22-28-21-19(24)11-17(29-7-9-31-10-8-29)12-20(21)30(22)13-16-5-4-6-18(15(16)3)23(25,26)27/h4-6,11-12,14H,7-10,13H2,1-3H3. The molecular weight excluding hydrogens is 471 g/mol. The van der Waals surface area contributed by atoms with Crippen LogP contribution in [-0.4, -0.2) is 35.9 Å². The molecule has 0 atom stereocenters. The van der Waals surface area contributed by atoms with Gasteiger partial charge in [0.25, 0.3) is 0 Å². The number of hydrogen-bond acceptors (Lipinski definition) is 3. The summed E-state index contributed by atoms with van der Waals surface area (Å²) in [5.74, 6) is 0.976. The normalized spacial score (nSPS) is 15.3. The van der Waals surface area contributed by atoms with E-state index in [1.807, 2.05) is 13.8 Å². The Morgan fingerprint density at radius 1 is 1.16 bits per heavy atom. The van der Waals surface area contributed by atoms with Gasteiger partial charge in [-0.25, -0.2) is 4.98 Å². The number of morpholine rings is 1. The molecule has 0 saturated carbocycles. The third-order valence-corrected chi connectivity index (χ3v) is 6.40. The predicted molar refractivity (Wildman–Crippen MR) is 120 cm³/mol. The first-order valence-corrected chi connectivity index (χ1v) is 11.1. The van der Waals surface area contributed by atoms with E-state index < -0.39 is 11.7 Å². The predicted octanol–water partition coefficient (Wildman–Crippen LogP) is 6.13. The second kappa shape index (κ2) is 8.47. The average molecular weight is 496 g/mol. The molecule has 4 rings (SSSR count). The minimum Gasteiger partial charge on any atom is -0.378 e. The monoisotopic (exact) mass is 495 g/mol. The number of nitrogens with zero attached hydrogens (tertiary/aromatic N) is 3. The zero-order valence-corrected chi connectivity index (χ0v) is 19.3. The Balaban J connectivity index is 1.84.